The van der Waals surface area contributed by atoms with Crippen LogP contribution in [0.2, 0.25) is 0 Å². The summed E-state index contributed by atoms with van der Waals surface area (Å²) in [6.07, 6.45) is 5.62. The molecule has 1 aliphatic rings. The molecule has 84 valence electrons. The zero-order valence-corrected chi connectivity index (χ0v) is 10.1. The normalized spacial score (nSPS) is 30.3. The monoisotopic (exact) mass is 226 g/mol. The standard InChI is InChI=1S/C11H18N2OS/c1-10(2)4-3-5-11(14,7-10)8-6-13-9(12)15-8/h6,14H,3-5,7H2,1-2H3,(H2,12,13). The molecule has 4 heteroatoms. The third kappa shape index (κ3) is 2.16. The van der Waals surface area contributed by atoms with Crippen LogP contribution in [0.25, 0.3) is 0 Å². The maximum absolute atomic E-state index is 10.6. The smallest absolute Gasteiger partial charge is 0.180 e. The Hall–Kier alpha value is -0.610. The van der Waals surface area contributed by atoms with Crippen molar-refractivity contribution in [3.05, 3.63) is 11.1 Å². The van der Waals surface area contributed by atoms with Gasteiger partial charge in [0, 0.05) is 6.20 Å². The minimum Gasteiger partial charge on any atom is -0.384 e. The van der Waals surface area contributed by atoms with E-state index in [0.717, 1.165) is 24.1 Å². The van der Waals surface area contributed by atoms with Gasteiger partial charge < -0.3 is 10.8 Å². The summed E-state index contributed by atoms with van der Waals surface area (Å²) in [6, 6.07) is 0. The molecule has 0 amide bonds. The molecule has 1 fully saturated rings. The largest absolute Gasteiger partial charge is 0.384 e. The number of hydrogen-bond acceptors (Lipinski definition) is 4. The van der Waals surface area contributed by atoms with Crippen molar-refractivity contribution >= 4 is 16.5 Å². The molecule has 0 radical (unpaired) electrons. The van der Waals surface area contributed by atoms with E-state index >= 15 is 0 Å². The number of anilines is 1. The minimum absolute atomic E-state index is 0.214. The van der Waals surface area contributed by atoms with Crippen LogP contribution in [0.15, 0.2) is 6.20 Å². The Morgan fingerprint density at radius 1 is 1.47 bits per heavy atom. The van der Waals surface area contributed by atoms with Crippen LogP contribution in [0.4, 0.5) is 5.13 Å². The zero-order valence-electron chi connectivity index (χ0n) is 9.29. The molecule has 15 heavy (non-hydrogen) atoms. The highest BCUT2D eigenvalue weighted by molar-refractivity contribution is 7.15. The summed E-state index contributed by atoms with van der Waals surface area (Å²) in [5.74, 6) is 0. The van der Waals surface area contributed by atoms with Crippen LogP contribution in [0, 0.1) is 5.41 Å². The molecule has 1 heterocycles. The molecule has 0 aliphatic heterocycles. The summed E-state index contributed by atoms with van der Waals surface area (Å²) in [7, 11) is 0. The number of nitrogen functional groups attached to an aromatic ring is 1. The molecule has 0 spiro atoms. The number of aromatic nitrogens is 1. The molecule has 1 atom stereocenters. The van der Waals surface area contributed by atoms with Crippen LogP contribution in [0.1, 0.15) is 44.4 Å². The van der Waals surface area contributed by atoms with Crippen molar-refractivity contribution in [1.29, 1.82) is 0 Å². The number of aliphatic hydroxyl groups is 1. The van der Waals surface area contributed by atoms with Crippen LogP contribution in [0.3, 0.4) is 0 Å². The molecule has 1 aliphatic carbocycles. The molecular weight excluding hydrogens is 208 g/mol. The van der Waals surface area contributed by atoms with Gasteiger partial charge in [-0.25, -0.2) is 4.98 Å². The number of hydrogen-bond donors (Lipinski definition) is 2. The second kappa shape index (κ2) is 3.46. The van der Waals surface area contributed by atoms with Crippen LogP contribution in [0.5, 0.6) is 0 Å². The first kappa shape index (κ1) is 10.9. The summed E-state index contributed by atoms with van der Waals surface area (Å²) in [5.41, 5.74) is 5.12. The first-order valence-corrected chi connectivity index (χ1v) is 6.17. The predicted octanol–water partition coefficient (Wildman–Crippen LogP) is 2.51. The van der Waals surface area contributed by atoms with E-state index in [1.807, 2.05) is 0 Å². The molecule has 0 saturated heterocycles. The molecule has 1 saturated carbocycles. The van der Waals surface area contributed by atoms with Gasteiger partial charge in [-0.1, -0.05) is 25.2 Å². The summed E-state index contributed by atoms with van der Waals surface area (Å²) in [5, 5.41) is 11.1. The summed E-state index contributed by atoms with van der Waals surface area (Å²) < 4.78 is 0. The van der Waals surface area contributed by atoms with E-state index < -0.39 is 5.60 Å². The van der Waals surface area contributed by atoms with Crippen molar-refractivity contribution in [2.75, 3.05) is 5.73 Å². The van der Waals surface area contributed by atoms with Gasteiger partial charge in [0.05, 0.1) is 4.88 Å². The third-order valence-electron chi connectivity index (χ3n) is 3.20. The molecule has 1 aromatic heterocycles. The number of nitrogens with two attached hydrogens (primary N) is 1. The molecule has 3 nitrogen and oxygen atoms in total. The zero-order chi connectivity index (χ0) is 11.1. The van der Waals surface area contributed by atoms with Crippen LogP contribution >= 0.6 is 11.3 Å². The van der Waals surface area contributed by atoms with Gasteiger partial charge in [0.25, 0.3) is 0 Å². The lowest BCUT2D eigenvalue weighted by atomic mass is 9.69. The molecular formula is C11H18N2OS. The first-order valence-electron chi connectivity index (χ1n) is 5.36. The predicted molar refractivity (Wildman–Crippen MR) is 62.7 cm³/mol. The fourth-order valence-electron chi connectivity index (χ4n) is 2.54. The van der Waals surface area contributed by atoms with Crippen molar-refractivity contribution in [3.63, 3.8) is 0 Å². The molecule has 0 bridgehead atoms. The van der Waals surface area contributed by atoms with Crippen LogP contribution < -0.4 is 5.73 Å². The van der Waals surface area contributed by atoms with Gasteiger partial charge in [0.15, 0.2) is 5.13 Å². The average Bonchev–Trinajstić information content (AvgIpc) is 2.49. The van der Waals surface area contributed by atoms with Gasteiger partial charge in [0.1, 0.15) is 5.60 Å². The first-order chi connectivity index (χ1) is 6.91. The number of nitrogens with zero attached hydrogens (tertiary/aromatic N) is 1. The maximum atomic E-state index is 10.6. The molecule has 1 unspecified atom stereocenters. The van der Waals surface area contributed by atoms with E-state index in [9.17, 15) is 5.11 Å². The lowest BCUT2D eigenvalue weighted by Gasteiger charge is -2.40. The van der Waals surface area contributed by atoms with Crippen LogP contribution in [-0.4, -0.2) is 10.1 Å². The number of rotatable bonds is 1. The highest BCUT2D eigenvalue weighted by atomic mass is 32.1. The Labute approximate surface area is 94.3 Å². The SMILES string of the molecule is CC1(C)CCCC(O)(c2cnc(N)s2)C1. The Kier molecular flexibility index (Phi) is 2.51. The van der Waals surface area contributed by atoms with E-state index in [0.29, 0.717) is 5.13 Å². The van der Waals surface area contributed by atoms with Crippen molar-refractivity contribution < 1.29 is 5.11 Å². The van der Waals surface area contributed by atoms with Gasteiger partial charge in [0.2, 0.25) is 0 Å². The van der Waals surface area contributed by atoms with Gasteiger partial charge in [-0.05, 0) is 31.1 Å². The highest BCUT2D eigenvalue weighted by Crippen LogP contribution is 2.47. The van der Waals surface area contributed by atoms with Crippen molar-refractivity contribution in [1.82, 2.24) is 4.98 Å². The minimum atomic E-state index is -0.697. The maximum Gasteiger partial charge on any atom is 0.180 e. The van der Waals surface area contributed by atoms with E-state index in [1.54, 1.807) is 6.20 Å². The Balaban J connectivity index is 2.26. The van der Waals surface area contributed by atoms with E-state index in [4.69, 9.17) is 5.73 Å². The van der Waals surface area contributed by atoms with Gasteiger partial charge in [-0.3, -0.25) is 0 Å². The Morgan fingerprint density at radius 3 is 2.73 bits per heavy atom. The molecule has 3 N–H and O–H groups in total. The van der Waals surface area contributed by atoms with Gasteiger partial charge >= 0.3 is 0 Å². The molecule has 2 rings (SSSR count). The lowest BCUT2D eigenvalue weighted by molar-refractivity contribution is -0.0412. The fraction of sp³-hybridized carbons (Fsp3) is 0.727. The van der Waals surface area contributed by atoms with E-state index in [1.165, 1.54) is 17.8 Å². The van der Waals surface area contributed by atoms with Gasteiger partial charge in [-0.15, -0.1) is 0 Å². The molecule has 1 aromatic rings. The van der Waals surface area contributed by atoms with Crippen LogP contribution in [-0.2, 0) is 5.60 Å². The molecule has 0 aromatic carbocycles. The van der Waals surface area contributed by atoms with Crippen molar-refractivity contribution in [2.45, 2.75) is 45.1 Å². The summed E-state index contributed by atoms with van der Waals surface area (Å²) >= 11 is 1.41. The second-order valence-electron chi connectivity index (χ2n) is 5.29. The third-order valence-corrected chi connectivity index (χ3v) is 4.22. The Morgan fingerprint density at radius 2 is 2.20 bits per heavy atom. The van der Waals surface area contributed by atoms with E-state index in [2.05, 4.69) is 18.8 Å². The van der Waals surface area contributed by atoms with E-state index in [-0.39, 0.29) is 5.41 Å². The second-order valence-corrected chi connectivity index (χ2v) is 6.35. The quantitative estimate of drug-likeness (QED) is 0.773. The van der Waals surface area contributed by atoms with Crippen molar-refractivity contribution in [2.24, 2.45) is 5.41 Å². The fourth-order valence-corrected chi connectivity index (χ4v) is 3.34. The average molecular weight is 226 g/mol. The lowest BCUT2D eigenvalue weighted by Crippen LogP contribution is -2.35. The topological polar surface area (TPSA) is 59.1 Å². The van der Waals surface area contributed by atoms with Gasteiger partial charge in [-0.2, -0.15) is 0 Å². The van der Waals surface area contributed by atoms with Crippen molar-refractivity contribution in [3.8, 4) is 0 Å². The number of thiazole rings is 1. The summed E-state index contributed by atoms with van der Waals surface area (Å²) in [4.78, 5) is 4.94. The Bertz CT molecular complexity index is 361. The summed E-state index contributed by atoms with van der Waals surface area (Å²) in [6.45, 7) is 4.42. The highest BCUT2D eigenvalue weighted by Gasteiger charge is 2.40.